The number of rotatable bonds is 4. The quantitative estimate of drug-likeness (QED) is 0.689. The number of hydrogen-bond donors (Lipinski definition) is 1. The number of fused-ring (bicyclic) bond motifs is 2. The van der Waals surface area contributed by atoms with Crippen LogP contribution in [0.5, 0.6) is 11.6 Å². The van der Waals surface area contributed by atoms with E-state index in [1.54, 1.807) is 47.6 Å². The van der Waals surface area contributed by atoms with Gasteiger partial charge in [0.2, 0.25) is 5.88 Å². The first-order valence-electron chi connectivity index (χ1n) is 10.5. The van der Waals surface area contributed by atoms with Crippen molar-refractivity contribution in [2.45, 2.75) is 56.5 Å². The number of piperidine rings is 1. The first-order valence-corrected chi connectivity index (χ1v) is 10.5. The second-order valence-corrected chi connectivity index (χ2v) is 9.10. The largest absolute Gasteiger partial charge is 0.507 e. The number of ether oxygens (including phenoxy) is 1. The van der Waals surface area contributed by atoms with Gasteiger partial charge in [-0.15, -0.1) is 10.2 Å². The summed E-state index contributed by atoms with van der Waals surface area (Å²) in [6, 6.07) is 8.71. The third-order valence-electron chi connectivity index (χ3n) is 7.28. The summed E-state index contributed by atoms with van der Waals surface area (Å²) < 4.78 is 23.1. The van der Waals surface area contributed by atoms with Crippen LogP contribution in [0, 0.1) is 0 Å². The van der Waals surface area contributed by atoms with Crippen molar-refractivity contribution in [3.05, 3.63) is 49.1 Å². The Morgan fingerprint density at radius 3 is 2.68 bits per heavy atom. The molecule has 0 spiro atoms. The van der Waals surface area contributed by atoms with Gasteiger partial charge in [0.1, 0.15) is 11.9 Å². The van der Waals surface area contributed by atoms with Crippen molar-refractivity contribution in [1.29, 1.82) is 0 Å². The van der Waals surface area contributed by atoms with E-state index in [-0.39, 0.29) is 11.3 Å². The van der Waals surface area contributed by atoms with Crippen LogP contribution in [0.1, 0.15) is 33.1 Å². The smallest absolute Gasteiger partial charge is 0.233 e. The van der Waals surface area contributed by atoms with E-state index in [2.05, 4.69) is 27.0 Å². The molecule has 2 aliphatic heterocycles. The SMILES string of the molecule is CN1[C@@]2(C)CC[C@]1(C)[C@@H](F)[C@@H](Oc1ccc(-c3ccc(-n4ccnc4)cc3O)nn1)C2. The number of benzene rings is 1. The highest BCUT2D eigenvalue weighted by Gasteiger charge is 2.60. The third kappa shape index (κ3) is 3.17. The molecule has 5 rings (SSSR count). The molecule has 0 amide bonds. The first-order chi connectivity index (χ1) is 14.8. The van der Waals surface area contributed by atoms with E-state index in [4.69, 9.17) is 4.74 Å². The molecular formula is C23H26FN5O2. The topological polar surface area (TPSA) is 76.3 Å². The third-order valence-corrected chi connectivity index (χ3v) is 7.28. The van der Waals surface area contributed by atoms with Gasteiger partial charge >= 0.3 is 0 Å². The summed E-state index contributed by atoms with van der Waals surface area (Å²) in [7, 11) is 2.01. The normalized spacial score (nSPS) is 30.5. The number of halogens is 1. The van der Waals surface area contributed by atoms with Crippen molar-refractivity contribution in [2.24, 2.45) is 0 Å². The predicted molar refractivity (Wildman–Crippen MR) is 114 cm³/mol. The predicted octanol–water partition coefficient (Wildman–Crippen LogP) is 3.77. The molecule has 1 aromatic carbocycles. The van der Waals surface area contributed by atoms with Gasteiger partial charge in [-0.3, -0.25) is 4.90 Å². The van der Waals surface area contributed by atoms with Crippen molar-refractivity contribution in [2.75, 3.05) is 7.05 Å². The van der Waals surface area contributed by atoms with Crippen LogP contribution >= 0.6 is 0 Å². The molecule has 0 radical (unpaired) electrons. The number of imidazole rings is 1. The maximum atomic E-state index is 15.3. The van der Waals surface area contributed by atoms with Crippen LogP contribution in [0.4, 0.5) is 4.39 Å². The van der Waals surface area contributed by atoms with Gasteiger partial charge in [0.25, 0.3) is 0 Å². The number of phenols is 1. The van der Waals surface area contributed by atoms with E-state index < -0.39 is 17.8 Å². The second kappa shape index (κ2) is 7.02. The summed E-state index contributed by atoms with van der Waals surface area (Å²) in [5.74, 6) is 0.382. The van der Waals surface area contributed by atoms with E-state index in [0.717, 1.165) is 18.5 Å². The minimum atomic E-state index is -1.10. The lowest BCUT2D eigenvalue weighted by Crippen LogP contribution is -2.64. The molecule has 2 saturated heterocycles. The Balaban J connectivity index is 1.34. The summed E-state index contributed by atoms with van der Waals surface area (Å²) in [4.78, 5) is 6.19. The Morgan fingerprint density at radius 2 is 2.00 bits per heavy atom. The molecule has 2 aliphatic rings. The molecule has 8 heteroatoms. The standard InChI is InChI=1S/C23H26FN5O2/c1-22-8-9-23(2,28(22)3)21(24)19(13-22)31-20-7-6-17(26-27-20)16-5-4-15(12-18(16)30)29-11-10-25-14-29/h4-7,10-12,14,19,21,30H,8-9,13H2,1-3H3/t19-,21-,22-,23+/m0/s1. The molecule has 4 atom stereocenters. The zero-order valence-electron chi connectivity index (χ0n) is 17.9. The molecule has 3 aromatic rings. The molecule has 2 fully saturated rings. The molecule has 4 heterocycles. The van der Waals surface area contributed by atoms with E-state index in [1.165, 1.54) is 0 Å². The Labute approximate surface area is 180 Å². The lowest BCUT2D eigenvalue weighted by Gasteiger charge is -2.50. The summed E-state index contributed by atoms with van der Waals surface area (Å²) in [6.07, 6.45) is 5.86. The van der Waals surface area contributed by atoms with Crippen LogP contribution in [0.3, 0.4) is 0 Å². The lowest BCUT2D eigenvalue weighted by molar-refractivity contribution is -0.0887. The van der Waals surface area contributed by atoms with Gasteiger partial charge in [-0.25, -0.2) is 9.37 Å². The van der Waals surface area contributed by atoms with Gasteiger partial charge in [0.15, 0.2) is 6.17 Å². The average Bonchev–Trinajstić information content (AvgIpc) is 3.35. The Kier molecular flexibility index (Phi) is 4.51. The van der Waals surface area contributed by atoms with Crippen molar-refractivity contribution in [1.82, 2.24) is 24.6 Å². The van der Waals surface area contributed by atoms with Crippen molar-refractivity contribution >= 4 is 0 Å². The average molecular weight is 423 g/mol. The minimum Gasteiger partial charge on any atom is -0.507 e. The van der Waals surface area contributed by atoms with E-state index in [0.29, 0.717) is 23.6 Å². The number of phenolic OH excluding ortho intramolecular Hbond substituents is 1. The monoisotopic (exact) mass is 423 g/mol. The van der Waals surface area contributed by atoms with Gasteiger partial charge in [-0.05, 0) is 51.9 Å². The molecular weight excluding hydrogens is 397 g/mol. The number of aromatic hydroxyl groups is 1. The molecule has 0 saturated carbocycles. The lowest BCUT2D eigenvalue weighted by atomic mass is 9.82. The Morgan fingerprint density at radius 1 is 1.16 bits per heavy atom. The van der Waals surface area contributed by atoms with Crippen molar-refractivity contribution < 1.29 is 14.2 Å². The number of alkyl halides is 1. The van der Waals surface area contributed by atoms with Gasteiger partial charge in [-0.1, -0.05) is 0 Å². The van der Waals surface area contributed by atoms with Gasteiger partial charge in [0.05, 0.1) is 23.2 Å². The summed E-state index contributed by atoms with van der Waals surface area (Å²) in [6.45, 7) is 4.15. The fraction of sp³-hybridized carbons (Fsp3) is 0.435. The molecule has 162 valence electrons. The van der Waals surface area contributed by atoms with Crippen LogP contribution in [-0.2, 0) is 0 Å². The highest BCUT2D eigenvalue weighted by atomic mass is 19.1. The highest BCUT2D eigenvalue weighted by molar-refractivity contribution is 5.68. The first kappa shape index (κ1) is 19.9. The molecule has 31 heavy (non-hydrogen) atoms. The van der Waals surface area contributed by atoms with E-state index >= 15 is 4.39 Å². The zero-order valence-corrected chi connectivity index (χ0v) is 17.9. The van der Waals surface area contributed by atoms with Gasteiger partial charge < -0.3 is 14.4 Å². The van der Waals surface area contributed by atoms with Gasteiger partial charge in [0, 0.05) is 42.0 Å². The van der Waals surface area contributed by atoms with Crippen molar-refractivity contribution in [3.8, 4) is 28.6 Å². The fourth-order valence-corrected chi connectivity index (χ4v) is 5.07. The van der Waals surface area contributed by atoms with Crippen molar-refractivity contribution in [3.63, 3.8) is 0 Å². The second-order valence-electron chi connectivity index (χ2n) is 9.10. The highest BCUT2D eigenvalue weighted by Crippen LogP contribution is 2.51. The van der Waals surface area contributed by atoms with Crippen LogP contribution in [0.15, 0.2) is 49.1 Å². The van der Waals surface area contributed by atoms with Crippen LogP contribution in [0.25, 0.3) is 16.9 Å². The molecule has 1 N–H and O–H groups in total. The fourth-order valence-electron chi connectivity index (χ4n) is 5.07. The molecule has 0 unspecified atom stereocenters. The van der Waals surface area contributed by atoms with Gasteiger partial charge in [-0.2, -0.15) is 0 Å². The summed E-state index contributed by atoms with van der Waals surface area (Å²) in [5, 5.41) is 18.8. The van der Waals surface area contributed by atoms with Crippen LogP contribution in [0.2, 0.25) is 0 Å². The molecule has 0 aliphatic carbocycles. The summed E-state index contributed by atoms with van der Waals surface area (Å²) >= 11 is 0. The Bertz CT molecular complexity index is 1090. The van der Waals surface area contributed by atoms with Crippen LogP contribution in [-0.4, -0.2) is 60.2 Å². The molecule has 2 aromatic heterocycles. The number of hydrogen-bond acceptors (Lipinski definition) is 6. The molecule has 7 nitrogen and oxygen atoms in total. The van der Waals surface area contributed by atoms with E-state index in [9.17, 15) is 5.11 Å². The minimum absolute atomic E-state index is 0.0713. The number of aromatic nitrogens is 4. The Hall–Kier alpha value is -3.00. The maximum absolute atomic E-state index is 15.3. The molecule has 2 bridgehead atoms. The summed E-state index contributed by atoms with van der Waals surface area (Å²) in [5.41, 5.74) is 1.27. The van der Waals surface area contributed by atoms with Crippen LogP contribution < -0.4 is 4.74 Å². The maximum Gasteiger partial charge on any atom is 0.233 e. The van der Waals surface area contributed by atoms with E-state index in [1.807, 2.05) is 20.0 Å². The number of nitrogens with zero attached hydrogens (tertiary/aromatic N) is 5. The zero-order chi connectivity index (χ0) is 21.8.